The van der Waals surface area contributed by atoms with Crippen molar-refractivity contribution in [3.05, 3.63) is 71.3 Å². The van der Waals surface area contributed by atoms with E-state index in [4.69, 9.17) is 4.84 Å². The van der Waals surface area contributed by atoms with E-state index in [-0.39, 0.29) is 6.61 Å². The predicted molar refractivity (Wildman–Crippen MR) is 80.0 cm³/mol. The van der Waals surface area contributed by atoms with Crippen molar-refractivity contribution in [2.24, 2.45) is 5.16 Å². The van der Waals surface area contributed by atoms with E-state index < -0.39 is 0 Å². The first-order chi connectivity index (χ1) is 10.8. The second-order valence-corrected chi connectivity index (χ2v) is 4.59. The lowest BCUT2D eigenvalue weighted by molar-refractivity contribution is 0.128. The maximum Gasteiger partial charge on any atom is 0.226 e. The Hall–Kier alpha value is -3.09. The van der Waals surface area contributed by atoms with Crippen LogP contribution in [0.3, 0.4) is 0 Å². The number of nitrogens with zero attached hydrogens (tertiary/aromatic N) is 5. The fourth-order valence-corrected chi connectivity index (χ4v) is 1.92. The molecular weight excluding hydrogens is 280 g/mol. The lowest BCUT2D eigenvalue weighted by atomic mass is 10.1. The molecule has 110 valence electrons. The van der Waals surface area contributed by atoms with Crippen LogP contribution >= 0.6 is 0 Å². The monoisotopic (exact) mass is 294 g/mol. The second kappa shape index (κ2) is 6.57. The van der Waals surface area contributed by atoms with Crippen molar-refractivity contribution in [1.29, 1.82) is 0 Å². The average Bonchev–Trinajstić information content (AvgIpc) is 3.07. The van der Waals surface area contributed by atoms with Gasteiger partial charge >= 0.3 is 0 Å². The van der Waals surface area contributed by atoms with E-state index in [1.807, 2.05) is 55.5 Å². The van der Waals surface area contributed by atoms with E-state index in [1.165, 1.54) is 0 Å². The van der Waals surface area contributed by atoms with Crippen LogP contribution in [0.25, 0.3) is 0 Å². The zero-order chi connectivity index (χ0) is 15.2. The van der Waals surface area contributed by atoms with Gasteiger partial charge in [0.2, 0.25) is 5.82 Å². The largest absolute Gasteiger partial charge is 0.389 e. The van der Waals surface area contributed by atoms with E-state index in [1.54, 1.807) is 0 Å². The Kier molecular flexibility index (Phi) is 4.15. The standard InChI is InChI=1S/C15H14N6O/c1-11-6-5-9-13(16-11)10-22-19-14(15-17-20-21-18-15)12-7-3-2-4-8-12/h2-9H,10H2,1H3,(H,17,18,20,21). The normalized spacial score (nSPS) is 11.4. The molecule has 0 aliphatic rings. The molecule has 1 N–H and O–H groups in total. The fraction of sp³-hybridized carbons (Fsp3) is 0.133. The number of pyridine rings is 1. The van der Waals surface area contributed by atoms with Gasteiger partial charge in [-0.05, 0) is 24.3 Å². The third-order valence-electron chi connectivity index (χ3n) is 2.92. The van der Waals surface area contributed by atoms with Crippen LogP contribution in [0.1, 0.15) is 22.8 Å². The molecule has 0 fully saturated rings. The van der Waals surface area contributed by atoms with E-state index >= 15 is 0 Å². The third-order valence-corrected chi connectivity index (χ3v) is 2.92. The highest BCUT2D eigenvalue weighted by molar-refractivity contribution is 6.10. The smallest absolute Gasteiger partial charge is 0.226 e. The highest BCUT2D eigenvalue weighted by Crippen LogP contribution is 2.08. The van der Waals surface area contributed by atoms with E-state index in [0.29, 0.717) is 11.5 Å². The summed E-state index contributed by atoms with van der Waals surface area (Å²) < 4.78 is 0. The van der Waals surface area contributed by atoms with Gasteiger partial charge in [0, 0.05) is 11.3 Å². The van der Waals surface area contributed by atoms with E-state index in [0.717, 1.165) is 17.0 Å². The number of oxime groups is 1. The minimum Gasteiger partial charge on any atom is -0.389 e. The molecule has 2 aromatic heterocycles. The van der Waals surface area contributed by atoms with Gasteiger partial charge in [-0.1, -0.05) is 41.6 Å². The molecule has 0 bridgehead atoms. The number of benzene rings is 1. The van der Waals surface area contributed by atoms with Gasteiger partial charge in [0.25, 0.3) is 0 Å². The number of aromatic amines is 1. The molecular formula is C15H14N6O. The van der Waals surface area contributed by atoms with Crippen LogP contribution in [0.2, 0.25) is 0 Å². The lowest BCUT2D eigenvalue weighted by Crippen LogP contribution is -2.07. The summed E-state index contributed by atoms with van der Waals surface area (Å²) in [7, 11) is 0. The number of hydrogen-bond donors (Lipinski definition) is 1. The van der Waals surface area contributed by atoms with Gasteiger partial charge in [0.15, 0.2) is 12.3 Å². The first kappa shape index (κ1) is 13.9. The number of nitrogens with one attached hydrogen (secondary N) is 1. The molecule has 0 aliphatic carbocycles. The van der Waals surface area contributed by atoms with Crippen molar-refractivity contribution in [2.45, 2.75) is 13.5 Å². The first-order valence-electron chi connectivity index (χ1n) is 6.74. The molecule has 0 amide bonds. The first-order valence-corrected chi connectivity index (χ1v) is 6.74. The van der Waals surface area contributed by atoms with Crippen molar-refractivity contribution in [3.63, 3.8) is 0 Å². The molecule has 7 nitrogen and oxygen atoms in total. The molecule has 1 aromatic carbocycles. The summed E-state index contributed by atoms with van der Waals surface area (Å²) >= 11 is 0. The Morgan fingerprint density at radius 2 is 2.00 bits per heavy atom. The van der Waals surface area contributed by atoms with E-state index in [2.05, 4.69) is 30.8 Å². The molecule has 0 aliphatic heterocycles. The van der Waals surface area contributed by atoms with Crippen molar-refractivity contribution in [2.75, 3.05) is 0 Å². The molecule has 3 aromatic rings. The SMILES string of the molecule is Cc1cccc(CON=C(c2ccccc2)c2nn[nH]n2)n1. The highest BCUT2D eigenvalue weighted by atomic mass is 16.6. The van der Waals surface area contributed by atoms with Gasteiger partial charge in [0.05, 0.1) is 5.69 Å². The summed E-state index contributed by atoms with van der Waals surface area (Å²) in [4.78, 5) is 9.78. The van der Waals surface area contributed by atoms with Crippen LogP contribution < -0.4 is 0 Å². The topological polar surface area (TPSA) is 88.9 Å². The maximum atomic E-state index is 5.42. The Balaban J connectivity index is 1.81. The molecule has 0 atom stereocenters. The molecule has 0 saturated carbocycles. The molecule has 0 radical (unpaired) electrons. The van der Waals surface area contributed by atoms with Crippen LogP contribution in [-0.4, -0.2) is 31.3 Å². The van der Waals surface area contributed by atoms with Gasteiger partial charge in [0.1, 0.15) is 0 Å². The third kappa shape index (κ3) is 3.32. The van der Waals surface area contributed by atoms with Crippen molar-refractivity contribution >= 4 is 5.71 Å². The number of H-pyrrole nitrogens is 1. The van der Waals surface area contributed by atoms with Crippen molar-refractivity contribution in [1.82, 2.24) is 25.6 Å². The minimum absolute atomic E-state index is 0.274. The Bertz CT molecular complexity index is 755. The summed E-state index contributed by atoms with van der Waals surface area (Å²) in [5.41, 5.74) is 3.11. The predicted octanol–water partition coefficient (Wildman–Crippen LogP) is 1.87. The van der Waals surface area contributed by atoms with Gasteiger partial charge in [-0.2, -0.15) is 5.21 Å². The maximum absolute atomic E-state index is 5.42. The van der Waals surface area contributed by atoms with Crippen LogP contribution in [0.15, 0.2) is 53.7 Å². The Morgan fingerprint density at radius 3 is 2.73 bits per heavy atom. The molecule has 7 heteroatoms. The lowest BCUT2D eigenvalue weighted by Gasteiger charge is -2.04. The van der Waals surface area contributed by atoms with Gasteiger partial charge in [-0.3, -0.25) is 4.98 Å². The average molecular weight is 294 g/mol. The number of hydrogen-bond acceptors (Lipinski definition) is 6. The van der Waals surface area contributed by atoms with Crippen molar-refractivity contribution in [3.8, 4) is 0 Å². The Morgan fingerprint density at radius 1 is 1.14 bits per heavy atom. The van der Waals surface area contributed by atoms with Crippen LogP contribution in [0, 0.1) is 6.92 Å². The molecule has 0 spiro atoms. The summed E-state index contributed by atoms with van der Waals surface area (Å²) in [6.45, 7) is 2.21. The quantitative estimate of drug-likeness (QED) is 0.573. The molecule has 2 heterocycles. The fourth-order valence-electron chi connectivity index (χ4n) is 1.92. The molecule has 0 saturated heterocycles. The minimum atomic E-state index is 0.274. The number of aryl methyl sites for hydroxylation is 1. The molecule has 0 unspecified atom stereocenters. The summed E-state index contributed by atoms with van der Waals surface area (Å²) in [5, 5.41) is 18.0. The number of tetrazole rings is 1. The number of rotatable bonds is 5. The second-order valence-electron chi connectivity index (χ2n) is 4.59. The summed E-state index contributed by atoms with van der Waals surface area (Å²) in [6.07, 6.45) is 0. The zero-order valence-electron chi connectivity index (χ0n) is 12.0. The van der Waals surface area contributed by atoms with Crippen LogP contribution in [0.4, 0.5) is 0 Å². The van der Waals surface area contributed by atoms with Crippen molar-refractivity contribution < 1.29 is 4.84 Å². The molecule has 3 rings (SSSR count). The highest BCUT2D eigenvalue weighted by Gasteiger charge is 2.12. The molecule has 22 heavy (non-hydrogen) atoms. The van der Waals surface area contributed by atoms with E-state index in [9.17, 15) is 0 Å². The summed E-state index contributed by atoms with van der Waals surface area (Å²) in [5.74, 6) is 0.378. The van der Waals surface area contributed by atoms with Crippen LogP contribution in [-0.2, 0) is 11.4 Å². The number of aromatic nitrogens is 5. The summed E-state index contributed by atoms with van der Waals surface area (Å²) in [6, 6.07) is 15.3. The zero-order valence-corrected chi connectivity index (χ0v) is 12.0. The Labute approximate surface area is 127 Å². The van der Waals surface area contributed by atoms with Gasteiger partial charge in [-0.15, -0.1) is 10.2 Å². The van der Waals surface area contributed by atoms with Gasteiger partial charge < -0.3 is 4.84 Å². The van der Waals surface area contributed by atoms with Gasteiger partial charge in [-0.25, -0.2) is 0 Å². The van der Waals surface area contributed by atoms with Crippen LogP contribution in [0.5, 0.6) is 0 Å².